The molecule has 5 heteroatoms. The van der Waals surface area contributed by atoms with E-state index < -0.39 is 0 Å². The van der Waals surface area contributed by atoms with Crippen molar-refractivity contribution in [3.05, 3.63) is 119 Å². The second kappa shape index (κ2) is 10.8. The van der Waals surface area contributed by atoms with Crippen molar-refractivity contribution < 1.29 is 9.69 Å². The molecule has 1 saturated heterocycles. The molecule has 2 N–H and O–H groups in total. The number of hydrogen-bond donors (Lipinski definition) is 2. The van der Waals surface area contributed by atoms with E-state index in [1.165, 1.54) is 36.4 Å². The van der Waals surface area contributed by atoms with Gasteiger partial charge in [-0.3, -0.25) is 4.79 Å². The molecule has 172 valence electrons. The van der Waals surface area contributed by atoms with E-state index >= 15 is 0 Å². The first-order valence-corrected chi connectivity index (χ1v) is 12.8. The van der Waals surface area contributed by atoms with Gasteiger partial charge in [0.2, 0.25) is 5.91 Å². The molecule has 4 nitrogen and oxygen atoms in total. The Labute approximate surface area is 205 Å². The SMILES string of the molecule is O=C(Nc1ncc(C[NH+]2CCC(c3ccccc3)CC2)s1)C(c1ccccc1)c1ccccc1. The number of rotatable bonds is 7. The van der Waals surface area contributed by atoms with Crippen LogP contribution in [0.2, 0.25) is 0 Å². The zero-order valence-electron chi connectivity index (χ0n) is 19.2. The Balaban J connectivity index is 1.21. The molecule has 2 heterocycles. The summed E-state index contributed by atoms with van der Waals surface area (Å²) in [6.45, 7) is 3.31. The molecule has 3 aromatic carbocycles. The van der Waals surface area contributed by atoms with Crippen molar-refractivity contribution in [2.75, 3.05) is 18.4 Å². The van der Waals surface area contributed by atoms with Crippen LogP contribution in [0.5, 0.6) is 0 Å². The summed E-state index contributed by atoms with van der Waals surface area (Å²) in [7, 11) is 0. The van der Waals surface area contributed by atoms with Crippen molar-refractivity contribution in [1.29, 1.82) is 0 Å². The number of carbonyl (C=O) groups excluding carboxylic acids is 1. The Morgan fingerprint density at radius 2 is 1.44 bits per heavy atom. The molecule has 1 amide bonds. The third-order valence-corrected chi connectivity index (χ3v) is 7.61. The summed E-state index contributed by atoms with van der Waals surface area (Å²) in [5.41, 5.74) is 3.43. The fourth-order valence-corrected chi connectivity index (χ4v) is 5.81. The normalized spacial score (nSPS) is 18.0. The fraction of sp³-hybridized carbons (Fsp3) is 0.241. The van der Waals surface area contributed by atoms with Crippen molar-refractivity contribution in [2.45, 2.75) is 31.2 Å². The summed E-state index contributed by atoms with van der Waals surface area (Å²) in [6.07, 6.45) is 4.37. The van der Waals surface area contributed by atoms with Crippen molar-refractivity contribution in [1.82, 2.24) is 4.98 Å². The van der Waals surface area contributed by atoms with Crippen LogP contribution >= 0.6 is 11.3 Å². The van der Waals surface area contributed by atoms with E-state index in [1.807, 2.05) is 66.9 Å². The topological polar surface area (TPSA) is 46.4 Å². The molecule has 0 atom stereocenters. The summed E-state index contributed by atoms with van der Waals surface area (Å²) < 4.78 is 0. The number of aromatic nitrogens is 1. The van der Waals surface area contributed by atoms with E-state index in [0.29, 0.717) is 11.0 Å². The quantitative estimate of drug-likeness (QED) is 0.406. The number of thiazole rings is 1. The monoisotopic (exact) mass is 468 g/mol. The first-order valence-electron chi connectivity index (χ1n) is 12.0. The molecule has 34 heavy (non-hydrogen) atoms. The Hall–Kier alpha value is -3.28. The van der Waals surface area contributed by atoms with Gasteiger partial charge in [-0.1, -0.05) is 102 Å². The summed E-state index contributed by atoms with van der Waals surface area (Å²) in [5, 5.41) is 3.76. The van der Waals surface area contributed by atoms with Gasteiger partial charge in [0.05, 0.1) is 23.9 Å². The molecule has 1 aliphatic heterocycles. The Bertz CT molecular complexity index is 1150. The number of benzene rings is 3. The maximum absolute atomic E-state index is 13.3. The van der Waals surface area contributed by atoms with Crippen molar-refractivity contribution >= 4 is 22.4 Å². The highest BCUT2D eigenvalue weighted by atomic mass is 32.1. The standard InChI is InChI=1S/C29H29N3OS/c33-28(27(24-12-6-2-7-13-24)25-14-8-3-9-15-25)31-29-30-20-26(34-29)21-32-18-16-23(17-19-32)22-10-4-1-5-11-22/h1-15,20,23,27H,16-19,21H2,(H,30,31,33)/p+1. The number of hydrogen-bond acceptors (Lipinski definition) is 3. The van der Waals surface area contributed by atoms with Gasteiger partial charge in [0.25, 0.3) is 0 Å². The van der Waals surface area contributed by atoms with Crippen LogP contribution in [0.3, 0.4) is 0 Å². The van der Waals surface area contributed by atoms with E-state index in [-0.39, 0.29) is 11.8 Å². The average Bonchev–Trinajstić information content (AvgIpc) is 3.33. The highest BCUT2D eigenvalue weighted by Crippen LogP contribution is 2.28. The molecule has 1 aromatic heterocycles. The molecule has 4 aromatic rings. The minimum absolute atomic E-state index is 0.0469. The third kappa shape index (κ3) is 5.44. The average molecular weight is 469 g/mol. The second-order valence-electron chi connectivity index (χ2n) is 8.99. The summed E-state index contributed by atoms with van der Waals surface area (Å²) >= 11 is 1.60. The molecule has 0 radical (unpaired) electrons. The number of nitrogens with zero attached hydrogens (tertiary/aromatic N) is 1. The van der Waals surface area contributed by atoms with Crippen LogP contribution in [0.1, 0.15) is 46.2 Å². The van der Waals surface area contributed by atoms with E-state index in [0.717, 1.165) is 17.7 Å². The van der Waals surface area contributed by atoms with Crippen molar-refractivity contribution in [3.63, 3.8) is 0 Å². The number of likely N-dealkylation sites (tertiary alicyclic amines) is 1. The summed E-state index contributed by atoms with van der Waals surface area (Å²) in [5.74, 6) is 0.265. The Kier molecular flexibility index (Phi) is 7.13. The van der Waals surface area contributed by atoms with Gasteiger partial charge in [-0.2, -0.15) is 0 Å². The number of anilines is 1. The highest BCUT2D eigenvalue weighted by molar-refractivity contribution is 7.15. The molecule has 0 bridgehead atoms. The molecule has 5 rings (SSSR count). The summed E-state index contributed by atoms with van der Waals surface area (Å²) in [4.78, 5) is 20.7. The Morgan fingerprint density at radius 1 is 0.882 bits per heavy atom. The van der Waals surface area contributed by atoms with Gasteiger partial charge in [0.15, 0.2) is 5.13 Å². The molecular weight excluding hydrogens is 438 g/mol. The smallest absolute Gasteiger partial charge is 0.238 e. The Morgan fingerprint density at radius 3 is 2.03 bits per heavy atom. The number of nitrogens with one attached hydrogen (secondary N) is 2. The van der Waals surface area contributed by atoms with Gasteiger partial charge < -0.3 is 10.2 Å². The molecular formula is C29H30N3OS+. The lowest BCUT2D eigenvalue weighted by atomic mass is 9.89. The highest BCUT2D eigenvalue weighted by Gasteiger charge is 2.25. The van der Waals surface area contributed by atoms with Gasteiger partial charge in [-0.05, 0) is 22.6 Å². The molecule has 1 aliphatic rings. The van der Waals surface area contributed by atoms with Crippen LogP contribution in [0.25, 0.3) is 0 Å². The fourth-order valence-electron chi connectivity index (χ4n) is 4.92. The number of carbonyl (C=O) groups is 1. The second-order valence-corrected chi connectivity index (χ2v) is 10.1. The van der Waals surface area contributed by atoms with Gasteiger partial charge in [0, 0.05) is 19.0 Å². The maximum atomic E-state index is 13.3. The minimum atomic E-state index is -0.364. The molecule has 0 saturated carbocycles. The zero-order chi connectivity index (χ0) is 23.2. The van der Waals surface area contributed by atoms with Gasteiger partial charge in [0.1, 0.15) is 6.54 Å². The molecule has 1 fully saturated rings. The predicted molar refractivity (Wildman–Crippen MR) is 138 cm³/mol. The minimum Gasteiger partial charge on any atom is -0.330 e. The van der Waals surface area contributed by atoms with Gasteiger partial charge in [-0.15, -0.1) is 0 Å². The van der Waals surface area contributed by atoms with E-state index in [4.69, 9.17) is 0 Å². The van der Waals surface area contributed by atoms with Crippen molar-refractivity contribution in [2.24, 2.45) is 0 Å². The predicted octanol–water partition coefficient (Wildman–Crippen LogP) is 4.88. The van der Waals surface area contributed by atoms with E-state index in [2.05, 4.69) is 40.6 Å². The first-order chi connectivity index (χ1) is 16.8. The van der Waals surface area contributed by atoms with Gasteiger partial charge in [-0.25, -0.2) is 4.98 Å². The lowest BCUT2D eigenvalue weighted by Crippen LogP contribution is -3.11. The van der Waals surface area contributed by atoms with Crippen molar-refractivity contribution in [3.8, 4) is 0 Å². The maximum Gasteiger partial charge on any atom is 0.238 e. The largest absolute Gasteiger partial charge is 0.330 e. The first kappa shape index (κ1) is 22.5. The number of quaternary nitrogens is 1. The van der Waals surface area contributed by atoms with Crippen LogP contribution in [0.4, 0.5) is 5.13 Å². The lowest BCUT2D eigenvalue weighted by molar-refractivity contribution is -0.918. The number of piperidine rings is 1. The zero-order valence-corrected chi connectivity index (χ0v) is 20.0. The van der Waals surface area contributed by atoms with Crippen LogP contribution in [-0.2, 0) is 11.3 Å². The molecule has 0 aliphatic carbocycles. The van der Waals surface area contributed by atoms with Crippen LogP contribution < -0.4 is 10.2 Å². The van der Waals surface area contributed by atoms with E-state index in [9.17, 15) is 4.79 Å². The van der Waals surface area contributed by atoms with Crippen LogP contribution in [0.15, 0.2) is 97.2 Å². The van der Waals surface area contributed by atoms with Crippen LogP contribution in [0, 0.1) is 0 Å². The lowest BCUT2D eigenvalue weighted by Gasteiger charge is -2.29. The number of amides is 1. The molecule has 0 unspecified atom stereocenters. The van der Waals surface area contributed by atoms with E-state index in [1.54, 1.807) is 16.2 Å². The van der Waals surface area contributed by atoms with Crippen LogP contribution in [-0.4, -0.2) is 24.0 Å². The summed E-state index contributed by atoms with van der Waals surface area (Å²) in [6, 6.07) is 30.8. The third-order valence-electron chi connectivity index (χ3n) is 6.70. The van der Waals surface area contributed by atoms with Gasteiger partial charge >= 0.3 is 0 Å². The molecule has 0 spiro atoms.